The third kappa shape index (κ3) is 8.29. The van der Waals surface area contributed by atoms with Gasteiger partial charge >= 0.3 is 0 Å². The van der Waals surface area contributed by atoms with Gasteiger partial charge in [-0.05, 0) is 96.1 Å². The van der Waals surface area contributed by atoms with Crippen molar-refractivity contribution >= 4 is 63.5 Å². The largest absolute Gasteiger partial charge is 0.490 e. The molecule has 0 saturated heterocycles. The number of rotatable bonds is 11. The molecule has 6 nitrogen and oxygen atoms in total. The van der Waals surface area contributed by atoms with E-state index in [4.69, 9.17) is 37.4 Å². The van der Waals surface area contributed by atoms with Gasteiger partial charge in [0, 0.05) is 21.3 Å². The summed E-state index contributed by atoms with van der Waals surface area (Å²) < 4.78 is 18.2. The number of anilines is 1. The lowest BCUT2D eigenvalue weighted by molar-refractivity contribution is -0.112. The van der Waals surface area contributed by atoms with Gasteiger partial charge in [0.25, 0.3) is 5.91 Å². The van der Waals surface area contributed by atoms with Crippen molar-refractivity contribution in [2.24, 2.45) is 0 Å². The van der Waals surface area contributed by atoms with E-state index >= 15 is 0 Å². The maximum absolute atomic E-state index is 12.8. The van der Waals surface area contributed by atoms with Gasteiger partial charge in [-0.15, -0.1) is 0 Å². The molecule has 0 bridgehead atoms. The minimum absolute atomic E-state index is 0.0434. The Morgan fingerprint density at radius 3 is 2.46 bits per heavy atom. The van der Waals surface area contributed by atoms with Gasteiger partial charge in [-0.2, -0.15) is 5.26 Å². The normalized spacial score (nSPS) is 11.0. The van der Waals surface area contributed by atoms with Crippen LogP contribution in [-0.2, 0) is 11.4 Å². The van der Waals surface area contributed by atoms with Gasteiger partial charge in [0.05, 0.1) is 16.8 Å². The summed E-state index contributed by atoms with van der Waals surface area (Å²) in [4.78, 5) is 12.8. The highest BCUT2D eigenvalue weighted by atomic mass is 127. The quantitative estimate of drug-likeness (QED) is 0.130. The number of hydrogen-bond acceptors (Lipinski definition) is 5. The van der Waals surface area contributed by atoms with Crippen LogP contribution in [0.5, 0.6) is 17.2 Å². The maximum Gasteiger partial charge on any atom is 0.266 e. The zero-order valence-electron chi connectivity index (χ0n) is 20.3. The van der Waals surface area contributed by atoms with Crippen molar-refractivity contribution in [2.45, 2.75) is 26.9 Å². The molecule has 192 valence electrons. The predicted octanol–water partition coefficient (Wildman–Crippen LogP) is 7.91. The Morgan fingerprint density at radius 2 is 1.81 bits per heavy atom. The summed E-state index contributed by atoms with van der Waals surface area (Å²) in [5, 5.41) is 13.5. The second-order valence-electron chi connectivity index (χ2n) is 7.78. The van der Waals surface area contributed by atoms with Crippen LogP contribution in [0.2, 0.25) is 10.0 Å². The Hall–Kier alpha value is -2.93. The molecule has 0 radical (unpaired) electrons. The van der Waals surface area contributed by atoms with E-state index < -0.39 is 5.91 Å². The fourth-order valence-corrected chi connectivity index (χ4v) is 4.47. The lowest BCUT2D eigenvalue weighted by atomic mass is 10.1. The first-order valence-electron chi connectivity index (χ1n) is 11.5. The number of benzene rings is 3. The smallest absolute Gasteiger partial charge is 0.266 e. The minimum atomic E-state index is -0.525. The highest BCUT2D eigenvalue weighted by Crippen LogP contribution is 2.35. The summed E-state index contributed by atoms with van der Waals surface area (Å²) in [6.07, 6.45) is 2.39. The van der Waals surface area contributed by atoms with Crippen LogP contribution >= 0.6 is 45.8 Å². The number of hydrogen-bond donors (Lipinski definition) is 1. The van der Waals surface area contributed by atoms with Crippen LogP contribution in [0.3, 0.4) is 0 Å². The lowest BCUT2D eigenvalue weighted by Gasteiger charge is -2.14. The number of amides is 1. The molecule has 3 rings (SSSR count). The third-order valence-corrected chi connectivity index (χ3v) is 6.37. The number of carbonyl (C=O) groups is 1. The van der Waals surface area contributed by atoms with Crippen molar-refractivity contribution < 1.29 is 19.0 Å². The average molecular weight is 651 g/mol. The fraction of sp³-hybridized carbons (Fsp3) is 0.214. The predicted molar refractivity (Wildman–Crippen MR) is 156 cm³/mol. The molecule has 0 unspecified atom stereocenters. The summed E-state index contributed by atoms with van der Waals surface area (Å²) in [6.45, 7) is 5.21. The molecular weight excluding hydrogens is 626 g/mol. The zero-order chi connectivity index (χ0) is 26.8. The van der Waals surface area contributed by atoms with Crippen LogP contribution in [0.15, 0.2) is 60.2 Å². The van der Waals surface area contributed by atoms with E-state index in [1.807, 2.05) is 26.0 Å². The summed E-state index contributed by atoms with van der Waals surface area (Å²) >= 11 is 14.3. The zero-order valence-corrected chi connectivity index (χ0v) is 24.0. The summed E-state index contributed by atoms with van der Waals surface area (Å²) in [6, 6.07) is 17.6. The Morgan fingerprint density at radius 1 is 1.05 bits per heavy atom. The number of halogens is 3. The van der Waals surface area contributed by atoms with Crippen LogP contribution in [0, 0.1) is 14.9 Å². The van der Waals surface area contributed by atoms with E-state index in [1.165, 1.54) is 6.08 Å². The molecular formula is C28H25Cl2IN2O4. The number of nitriles is 1. The first-order valence-corrected chi connectivity index (χ1v) is 13.4. The maximum atomic E-state index is 12.8. The van der Waals surface area contributed by atoms with Crippen LogP contribution in [0.4, 0.5) is 5.69 Å². The topological polar surface area (TPSA) is 80.6 Å². The van der Waals surface area contributed by atoms with Crippen LogP contribution in [0.25, 0.3) is 6.08 Å². The number of nitrogens with one attached hydrogen (secondary N) is 1. The second-order valence-corrected chi connectivity index (χ2v) is 9.79. The number of carbonyl (C=O) groups excluding carboxylic acids is 1. The van der Waals surface area contributed by atoms with Gasteiger partial charge in [-0.25, -0.2) is 0 Å². The van der Waals surface area contributed by atoms with Crippen LogP contribution < -0.4 is 19.5 Å². The Kier molecular flexibility index (Phi) is 10.9. The monoisotopic (exact) mass is 650 g/mol. The first kappa shape index (κ1) is 28.6. The average Bonchev–Trinajstić information content (AvgIpc) is 2.87. The van der Waals surface area contributed by atoms with Crippen LogP contribution in [-0.4, -0.2) is 19.1 Å². The van der Waals surface area contributed by atoms with E-state index in [2.05, 4.69) is 27.9 Å². The van der Waals surface area contributed by atoms with Crippen molar-refractivity contribution in [3.8, 4) is 23.3 Å². The van der Waals surface area contributed by atoms with Crippen molar-refractivity contribution in [1.29, 1.82) is 5.26 Å². The van der Waals surface area contributed by atoms with E-state index in [0.717, 1.165) is 15.6 Å². The van der Waals surface area contributed by atoms with E-state index in [0.29, 0.717) is 51.8 Å². The molecule has 9 heteroatoms. The van der Waals surface area contributed by atoms with E-state index in [1.54, 1.807) is 48.5 Å². The van der Waals surface area contributed by atoms with Crippen LogP contribution in [0.1, 0.15) is 31.4 Å². The SMILES string of the molecule is CCCOc1c(I)cc(/C=C(\C#N)C(=O)Nc2ccc(OCc3ccc(Cl)cc3Cl)cc2)cc1OCC. The second kappa shape index (κ2) is 14.1. The molecule has 0 heterocycles. The standard InChI is InChI=1S/C28H25Cl2IN2O4/c1-3-11-36-27-25(31)13-18(14-26(27)35-4-2)12-20(16-32)28(34)33-22-7-9-23(10-8-22)37-17-19-5-6-21(29)15-24(19)30/h5-10,12-15H,3-4,11,17H2,1-2H3,(H,33,34)/b20-12+. The molecule has 3 aromatic rings. The van der Waals surface area contributed by atoms with E-state index in [-0.39, 0.29) is 12.2 Å². The van der Waals surface area contributed by atoms with Crippen molar-refractivity contribution in [1.82, 2.24) is 0 Å². The van der Waals surface area contributed by atoms with Crippen molar-refractivity contribution in [3.05, 3.63) is 84.9 Å². The molecule has 0 aliphatic rings. The Labute approximate surface area is 240 Å². The van der Waals surface area contributed by atoms with E-state index in [9.17, 15) is 10.1 Å². The van der Waals surface area contributed by atoms with Gasteiger partial charge in [0.1, 0.15) is 24.0 Å². The van der Waals surface area contributed by atoms with Crippen molar-refractivity contribution in [2.75, 3.05) is 18.5 Å². The Bertz CT molecular complexity index is 1320. The fourth-order valence-electron chi connectivity index (χ4n) is 3.23. The number of ether oxygens (including phenoxy) is 3. The molecule has 0 aliphatic carbocycles. The molecule has 0 atom stereocenters. The minimum Gasteiger partial charge on any atom is -0.490 e. The molecule has 0 aliphatic heterocycles. The molecule has 0 fully saturated rings. The molecule has 37 heavy (non-hydrogen) atoms. The van der Waals surface area contributed by atoms with Gasteiger partial charge < -0.3 is 19.5 Å². The molecule has 1 amide bonds. The summed E-state index contributed by atoms with van der Waals surface area (Å²) in [5.74, 6) is 1.30. The summed E-state index contributed by atoms with van der Waals surface area (Å²) in [5.41, 5.74) is 1.95. The van der Waals surface area contributed by atoms with Crippen molar-refractivity contribution in [3.63, 3.8) is 0 Å². The molecule has 3 aromatic carbocycles. The highest BCUT2D eigenvalue weighted by Gasteiger charge is 2.14. The van der Waals surface area contributed by atoms with Gasteiger partial charge in [0.15, 0.2) is 11.5 Å². The Balaban J connectivity index is 1.69. The first-order chi connectivity index (χ1) is 17.8. The number of nitrogens with zero attached hydrogens (tertiary/aromatic N) is 1. The summed E-state index contributed by atoms with van der Waals surface area (Å²) in [7, 11) is 0. The lowest BCUT2D eigenvalue weighted by Crippen LogP contribution is -2.13. The highest BCUT2D eigenvalue weighted by molar-refractivity contribution is 14.1. The molecule has 0 saturated carbocycles. The molecule has 0 spiro atoms. The molecule has 1 N–H and O–H groups in total. The van der Waals surface area contributed by atoms with Gasteiger partial charge in [-0.3, -0.25) is 4.79 Å². The van der Waals surface area contributed by atoms with Gasteiger partial charge in [-0.1, -0.05) is 36.2 Å². The van der Waals surface area contributed by atoms with Gasteiger partial charge in [0.2, 0.25) is 0 Å². The third-order valence-electron chi connectivity index (χ3n) is 4.98. The molecule has 0 aromatic heterocycles.